The van der Waals surface area contributed by atoms with Crippen LogP contribution in [0.4, 0.5) is 0 Å². The standard InChI is InChI=1S/C58H39N5/c1-4-18-40(19-5-1)61-52-31-13-12-26-45(52)50-36-39(34-35-55(50)61)38-60-56(49-30-17-28-47-44-25-11-15-33-54(44)63(58(47)49)42-22-8-3-9-23-42)37-51(59-60)48-29-16-27-46-43-24-10-14-32-53(43)62(57(46)48)41-20-6-2-7-21-41/h1-37H,38H2. The zero-order valence-electron chi connectivity index (χ0n) is 34.3. The molecule has 0 spiro atoms. The molecule has 13 aromatic rings. The highest BCUT2D eigenvalue weighted by molar-refractivity contribution is 6.15. The van der Waals surface area contributed by atoms with Gasteiger partial charge in [0.2, 0.25) is 5.69 Å². The maximum absolute atomic E-state index is 5.65. The van der Waals surface area contributed by atoms with Crippen LogP contribution in [-0.4, -0.2) is 13.7 Å². The summed E-state index contributed by atoms with van der Waals surface area (Å²) in [5, 5.41) is 13.0. The Hall–Kier alpha value is -8.41. The molecule has 0 aliphatic carbocycles. The third kappa shape index (κ3) is 5.46. The Morgan fingerprint density at radius 1 is 0.333 bits per heavy atom. The van der Waals surface area contributed by atoms with E-state index >= 15 is 0 Å². The average Bonchev–Trinajstić information content (AvgIpc) is 4.11. The van der Waals surface area contributed by atoms with Crippen LogP contribution < -0.4 is 9.78 Å². The summed E-state index contributed by atoms with van der Waals surface area (Å²) in [7, 11) is 0. The molecule has 0 unspecified atom stereocenters. The van der Waals surface area contributed by atoms with Crippen molar-refractivity contribution in [3.63, 3.8) is 0 Å². The van der Waals surface area contributed by atoms with E-state index in [2.05, 4.69) is 243 Å². The lowest BCUT2D eigenvalue weighted by molar-refractivity contribution is -0.736. The van der Waals surface area contributed by atoms with E-state index in [1.807, 2.05) is 0 Å². The van der Waals surface area contributed by atoms with Crippen molar-refractivity contribution in [2.75, 3.05) is 0 Å². The quantitative estimate of drug-likeness (QED) is 0.148. The molecule has 0 N–H and O–H groups in total. The Kier molecular flexibility index (Phi) is 7.90. The van der Waals surface area contributed by atoms with Crippen LogP contribution in [0.1, 0.15) is 5.56 Å². The highest BCUT2D eigenvalue weighted by Crippen LogP contribution is 2.41. The zero-order valence-corrected chi connectivity index (χ0v) is 34.3. The van der Waals surface area contributed by atoms with Gasteiger partial charge in [-0.05, 0) is 84.4 Å². The fourth-order valence-corrected chi connectivity index (χ4v) is 10.2. The van der Waals surface area contributed by atoms with E-state index in [0.29, 0.717) is 6.54 Å². The SMILES string of the molecule is c1ccc(-n2c3ccccc3c3cc(C[n+]4[n-]c(-c5cccc6c7ccccc7n(-c7ccccc7)c56)cc4-c4cccc5c6ccccc6n(-c6ccccc6)c45)ccc32)cc1. The number of hydrogen-bond acceptors (Lipinski definition) is 0. The van der Waals surface area contributed by atoms with E-state index < -0.39 is 0 Å². The van der Waals surface area contributed by atoms with Gasteiger partial charge in [0.05, 0.1) is 38.7 Å². The average molecular weight is 806 g/mol. The Balaban J connectivity index is 1.08. The van der Waals surface area contributed by atoms with Crippen molar-refractivity contribution < 1.29 is 4.68 Å². The molecular formula is C58H39N5. The maximum Gasteiger partial charge on any atom is 0.204 e. The van der Waals surface area contributed by atoms with Gasteiger partial charge in [-0.1, -0.05) is 151 Å². The lowest BCUT2D eigenvalue weighted by Gasteiger charge is -2.13. The van der Waals surface area contributed by atoms with Gasteiger partial charge < -0.3 is 18.8 Å². The normalized spacial score (nSPS) is 11.9. The molecular weight excluding hydrogens is 767 g/mol. The van der Waals surface area contributed by atoms with Crippen LogP contribution in [0.25, 0.3) is 105 Å². The number of hydrogen-bond donors (Lipinski definition) is 0. The zero-order chi connectivity index (χ0) is 41.4. The summed E-state index contributed by atoms with van der Waals surface area (Å²) in [5.41, 5.74) is 15.8. The van der Waals surface area contributed by atoms with Crippen LogP contribution in [0.15, 0.2) is 224 Å². The Labute approximate surface area is 363 Å². The summed E-state index contributed by atoms with van der Waals surface area (Å²) in [4.78, 5) is 0. The predicted molar refractivity (Wildman–Crippen MR) is 259 cm³/mol. The van der Waals surface area contributed by atoms with Gasteiger partial charge in [0.25, 0.3) is 0 Å². The third-order valence-electron chi connectivity index (χ3n) is 12.8. The summed E-state index contributed by atoms with van der Waals surface area (Å²) in [5.74, 6) is 0. The molecule has 0 saturated heterocycles. The second-order valence-electron chi connectivity index (χ2n) is 16.4. The second kappa shape index (κ2) is 14.1. The number of rotatable bonds is 7. The largest absolute Gasteiger partial charge is 0.409 e. The molecule has 9 aromatic carbocycles. The maximum atomic E-state index is 5.65. The van der Waals surface area contributed by atoms with Crippen molar-refractivity contribution in [3.8, 4) is 39.6 Å². The highest BCUT2D eigenvalue weighted by Gasteiger charge is 2.24. The molecule has 0 aliphatic heterocycles. The smallest absolute Gasteiger partial charge is 0.204 e. The summed E-state index contributed by atoms with van der Waals surface area (Å²) < 4.78 is 9.45. The van der Waals surface area contributed by atoms with Gasteiger partial charge in [0.15, 0.2) is 6.54 Å². The molecule has 0 saturated carbocycles. The Bertz CT molecular complexity index is 3870. The Morgan fingerprint density at radius 2 is 0.762 bits per heavy atom. The van der Waals surface area contributed by atoms with Gasteiger partial charge in [-0.3, -0.25) is 4.68 Å². The molecule has 0 radical (unpaired) electrons. The van der Waals surface area contributed by atoms with Gasteiger partial charge in [-0.25, -0.2) is 0 Å². The lowest BCUT2D eigenvalue weighted by Crippen LogP contribution is -2.40. The van der Waals surface area contributed by atoms with Crippen LogP contribution in [0.2, 0.25) is 0 Å². The van der Waals surface area contributed by atoms with E-state index in [-0.39, 0.29) is 0 Å². The van der Waals surface area contributed by atoms with E-state index in [4.69, 9.17) is 5.10 Å². The van der Waals surface area contributed by atoms with Crippen LogP contribution in [0.3, 0.4) is 0 Å². The van der Waals surface area contributed by atoms with Gasteiger partial charge in [0, 0.05) is 54.9 Å². The van der Waals surface area contributed by atoms with Crippen LogP contribution in [0, 0.1) is 0 Å². The molecule has 0 aliphatic rings. The van der Waals surface area contributed by atoms with Crippen LogP contribution in [0.5, 0.6) is 0 Å². The molecule has 0 amide bonds. The molecule has 296 valence electrons. The minimum atomic E-state index is 0.579. The van der Waals surface area contributed by atoms with Crippen molar-refractivity contribution in [1.82, 2.24) is 18.8 Å². The van der Waals surface area contributed by atoms with Crippen molar-refractivity contribution in [3.05, 3.63) is 230 Å². The summed E-state index contributed by atoms with van der Waals surface area (Å²) in [6.45, 7) is 0.579. The molecule has 5 heteroatoms. The summed E-state index contributed by atoms with van der Waals surface area (Å²) in [6.07, 6.45) is 0. The Morgan fingerprint density at radius 3 is 1.33 bits per heavy atom. The van der Waals surface area contributed by atoms with E-state index in [1.54, 1.807) is 0 Å². The van der Waals surface area contributed by atoms with Crippen molar-refractivity contribution in [2.24, 2.45) is 0 Å². The van der Waals surface area contributed by atoms with Gasteiger partial charge >= 0.3 is 0 Å². The number of nitrogens with zero attached hydrogens (tertiary/aromatic N) is 5. The number of aromatic nitrogens is 5. The molecule has 63 heavy (non-hydrogen) atoms. The van der Waals surface area contributed by atoms with Gasteiger partial charge in [-0.2, -0.15) is 0 Å². The van der Waals surface area contributed by atoms with E-state index in [0.717, 1.165) is 50.6 Å². The van der Waals surface area contributed by atoms with Gasteiger partial charge in [0.1, 0.15) is 0 Å². The van der Waals surface area contributed by atoms with Crippen molar-refractivity contribution in [1.29, 1.82) is 0 Å². The highest BCUT2D eigenvalue weighted by atomic mass is 15.3. The second-order valence-corrected chi connectivity index (χ2v) is 16.4. The third-order valence-corrected chi connectivity index (χ3v) is 12.8. The fraction of sp³-hybridized carbons (Fsp3) is 0.0172. The molecule has 0 fully saturated rings. The number of benzene rings is 9. The molecule has 13 rings (SSSR count). The minimum Gasteiger partial charge on any atom is -0.409 e. The summed E-state index contributed by atoms with van der Waals surface area (Å²) >= 11 is 0. The van der Waals surface area contributed by atoms with E-state index in [9.17, 15) is 0 Å². The first-order chi connectivity index (χ1) is 31.3. The topological polar surface area (TPSA) is 32.8 Å². The van der Waals surface area contributed by atoms with Gasteiger partial charge in [-0.15, -0.1) is 0 Å². The van der Waals surface area contributed by atoms with Crippen LogP contribution in [-0.2, 0) is 6.54 Å². The molecule has 0 bridgehead atoms. The first-order valence-corrected chi connectivity index (χ1v) is 21.6. The molecule has 4 aromatic heterocycles. The van der Waals surface area contributed by atoms with Crippen molar-refractivity contribution >= 4 is 65.4 Å². The molecule has 4 heterocycles. The van der Waals surface area contributed by atoms with Crippen LogP contribution >= 0.6 is 0 Å². The number of para-hydroxylation sites is 8. The van der Waals surface area contributed by atoms with Crippen molar-refractivity contribution in [2.45, 2.75) is 6.54 Å². The first kappa shape index (κ1) is 35.4. The first-order valence-electron chi connectivity index (χ1n) is 21.6. The fourth-order valence-electron chi connectivity index (χ4n) is 10.2. The summed E-state index contributed by atoms with van der Waals surface area (Å²) in [6, 6.07) is 81.0. The predicted octanol–water partition coefficient (Wildman–Crippen LogP) is 13.6. The number of fused-ring (bicyclic) bond motifs is 9. The minimum absolute atomic E-state index is 0.579. The van der Waals surface area contributed by atoms with E-state index in [1.165, 1.54) is 59.9 Å². The molecule has 0 atom stereocenters. The monoisotopic (exact) mass is 805 g/mol. The molecule has 5 nitrogen and oxygen atoms in total. The lowest BCUT2D eigenvalue weighted by atomic mass is 10.0.